The number of halogens is 1. The van der Waals surface area contributed by atoms with Gasteiger partial charge < -0.3 is 14.9 Å². The Morgan fingerprint density at radius 2 is 1.68 bits per heavy atom. The number of hydrogen-bond donors (Lipinski definition) is 1. The van der Waals surface area contributed by atoms with Gasteiger partial charge in [-0.15, -0.1) is 0 Å². The Hall–Kier alpha value is -1.80. The fourth-order valence-corrected chi connectivity index (χ4v) is 3.14. The van der Waals surface area contributed by atoms with E-state index in [0.29, 0.717) is 0 Å². The van der Waals surface area contributed by atoms with E-state index in [9.17, 15) is 18.0 Å². The fourth-order valence-electron chi connectivity index (χ4n) is 2.17. The first-order chi connectivity index (χ1) is 10.2. The monoisotopic (exact) mass is 346 g/mol. The van der Waals surface area contributed by atoms with Crippen molar-refractivity contribution in [3.05, 3.63) is 28.8 Å². The quantitative estimate of drug-likeness (QED) is 0.867. The lowest BCUT2D eigenvalue weighted by atomic mass is 10.2. The molecule has 22 heavy (non-hydrogen) atoms. The van der Waals surface area contributed by atoms with Gasteiger partial charge in [-0.05, 0) is 18.2 Å². The minimum absolute atomic E-state index is 0.0461. The number of nitrogens with zero attached hydrogens (tertiary/aromatic N) is 2. The maximum Gasteiger partial charge on any atom is 0.407 e. The van der Waals surface area contributed by atoms with E-state index >= 15 is 0 Å². The van der Waals surface area contributed by atoms with Crippen molar-refractivity contribution in [3.63, 3.8) is 0 Å². The number of carboxylic acid groups (broad SMARTS) is 1. The maximum atomic E-state index is 12.4. The van der Waals surface area contributed by atoms with Gasteiger partial charge in [-0.2, -0.15) is 0 Å². The van der Waals surface area contributed by atoms with Gasteiger partial charge in [-0.25, -0.2) is 13.2 Å². The van der Waals surface area contributed by atoms with Crippen LogP contribution in [-0.2, 0) is 9.84 Å². The molecule has 1 N–H and O–H groups in total. The van der Waals surface area contributed by atoms with E-state index in [4.69, 9.17) is 16.7 Å². The lowest BCUT2D eigenvalue weighted by Crippen LogP contribution is -2.50. The number of amides is 2. The molecule has 1 heterocycles. The molecule has 7 nitrogen and oxygen atoms in total. The van der Waals surface area contributed by atoms with Crippen molar-refractivity contribution in [2.24, 2.45) is 0 Å². The molecule has 2 rings (SSSR count). The van der Waals surface area contributed by atoms with Gasteiger partial charge in [0.25, 0.3) is 5.91 Å². The van der Waals surface area contributed by atoms with Crippen LogP contribution in [0.4, 0.5) is 4.79 Å². The summed E-state index contributed by atoms with van der Waals surface area (Å²) < 4.78 is 22.9. The van der Waals surface area contributed by atoms with Crippen LogP contribution in [-0.4, -0.2) is 67.8 Å². The Kier molecular flexibility index (Phi) is 4.62. The normalized spacial score (nSPS) is 15.7. The van der Waals surface area contributed by atoms with Gasteiger partial charge in [-0.3, -0.25) is 4.79 Å². The van der Waals surface area contributed by atoms with Crippen molar-refractivity contribution in [2.75, 3.05) is 32.4 Å². The Balaban J connectivity index is 2.16. The summed E-state index contributed by atoms with van der Waals surface area (Å²) in [6.45, 7) is 1.02. The number of sulfone groups is 1. The summed E-state index contributed by atoms with van der Waals surface area (Å²) in [5.74, 6) is -0.338. The van der Waals surface area contributed by atoms with Crippen LogP contribution in [0.1, 0.15) is 10.4 Å². The standard InChI is InChI=1S/C13H15ClN2O5S/c1-22(20,21)9-2-3-10(11(14)8-9)12(17)15-4-6-16(7-5-15)13(18)19/h2-3,8H,4-7H2,1H3,(H,18,19). The summed E-state index contributed by atoms with van der Waals surface area (Å²) in [6, 6.07) is 3.96. The van der Waals surface area contributed by atoms with Crippen molar-refractivity contribution in [1.29, 1.82) is 0 Å². The van der Waals surface area contributed by atoms with E-state index in [1.54, 1.807) is 0 Å². The number of rotatable bonds is 2. The predicted molar refractivity (Wildman–Crippen MR) is 80.1 cm³/mol. The average molecular weight is 347 g/mol. The van der Waals surface area contributed by atoms with Crippen molar-refractivity contribution in [1.82, 2.24) is 9.80 Å². The summed E-state index contributed by atoms with van der Waals surface area (Å²) in [5.41, 5.74) is 0.206. The molecule has 1 aromatic carbocycles. The highest BCUT2D eigenvalue weighted by atomic mass is 35.5. The van der Waals surface area contributed by atoms with Crippen LogP contribution in [0.3, 0.4) is 0 Å². The lowest BCUT2D eigenvalue weighted by molar-refractivity contribution is 0.0625. The SMILES string of the molecule is CS(=O)(=O)c1ccc(C(=O)N2CCN(C(=O)O)CC2)c(Cl)c1. The van der Waals surface area contributed by atoms with Crippen LogP contribution in [0.2, 0.25) is 5.02 Å². The summed E-state index contributed by atoms with van der Waals surface area (Å²) in [4.78, 5) is 26.0. The van der Waals surface area contributed by atoms with Gasteiger partial charge in [0.2, 0.25) is 0 Å². The summed E-state index contributed by atoms with van der Waals surface area (Å²) >= 11 is 6.01. The molecule has 0 atom stereocenters. The van der Waals surface area contributed by atoms with Crippen LogP contribution >= 0.6 is 11.6 Å². The molecule has 0 aliphatic carbocycles. The highest BCUT2D eigenvalue weighted by molar-refractivity contribution is 7.90. The van der Waals surface area contributed by atoms with E-state index in [1.165, 1.54) is 28.0 Å². The molecule has 1 aliphatic rings. The van der Waals surface area contributed by atoms with E-state index in [2.05, 4.69) is 0 Å². The molecule has 0 bridgehead atoms. The highest BCUT2D eigenvalue weighted by Gasteiger charge is 2.26. The maximum absolute atomic E-state index is 12.4. The number of hydrogen-bond acceptors (Lipinski definition) is 4. The van der Waals surface area contributed by atoms with Crippen molar-refractivity contribution < 1.29 is 23.1 Å². The first-order valence-electron chi connectivity index (χ1n) is 6.47. The second-order valence-corrected chi connectivity index (χ2v) is 7.40. The van der Waals surface area contributed by atoms with Crippen LogP contribution in [0, 0.1) is 0 Å². The molecule has 1 fully saturated rings. The minimum atomic E-state index is -3.39. The topological polar surface area (TPSA) is 95.0 Å². The lowest BCUT2D eigenvalue weighted by Gasteiger charge is -2.33. The zero-order valence-electron chi connectivity index (χ0n) is 11.8. The molecule has 1 aliphatic heterocycles. The number of carbonyl (C=O) groups excluding carboxylic acids is 1. The van der Waals surface area contributed by atoms with Gasteiger partial charge in [0, 0.05) is 32.4 Å². The predicted octanol–water partition coefficient (Wildman–Crippen LogP) is 1.18. The average Bonchev–Trinajstić information content (AvgIpc) is 2.45. The summed E-state index contributed by atoms with van der Waals surface area (Å²) in [6.07, 6.45) is 0.0493. The zero-order valence-corrected chi connectivity index (χ0v) is 13.4. The molecule has 0 spiro atoms. The molecular formula is C13H15ClN2O5S. The zero-order chi connectivity index (χ0) is 16.5. The Bertz CT molecular complexity index is 711. The van der Waals surface area contributed by atoms with Crippen LogP contribution in [0.25, 0.3) is 0 Å². The number of piperazine rings is 1. The fraction of sp³-hybridized carbons (Fsp3) is 0.385. The van der Waals surface area contributed by atoms with Gasteiger partial charge in [-0.1, -0.05) is 11.6 Å². The molecule has 2 amide bonds. The molecule has 120 valence electrons. The smallest absolute Gasteiger partial charge is 0.407 e. The van der Waals surface area contributed by atoms with E-state index in [1.807, 2.05) is 0 Å². The number of benzene rings is 1. The Labute approximate surface area is 133 Å². The number of carbonyl (C=O) groups is 2. The van der Waals surface area contributed by atoms with Crippen molar-refractivity contribution >= 4 is 33.4 Å². The molecule has 1 saturated heterocycles. The van der Waals surface area contributed by atoms with Crippen LogP contribution in [0.15, 0.2) is 23.1 Å². The first kappa shape index (κ1) is 16.6. The van der Waals surface area contributed by atoms with Crippen LogP contribution < -0.4 is 0 Å². The Morgan fingerprint density at radius 3 is 2.14 bits per heavy atom. The minimum Gasteiger partial charge on any atom is -0.465 e. The largest absolute Gasteiger partial charge is 0.465 e. The van der Waals surface area contributed by atoms with E-state index < -0.39 is 15.9 Å². The van der Waals surface area contributed by atoms with Gasteiger partial charge in [0.05, 0.1) is 15.5 Å². The third kappa shape index (κ3) is 3.50. The molecule has 0 unspecified atom stereocenters. The van der Waals surface area contributed by atoms with Crippen molar-refractivity contribution in [3.8, 4) is 0 Å². The second kappa shape index (κ2) is 6.13. The summed E-state index contributed by atoms with van der Waals surface area (Å²) in [5, 5.41) is 8.94. The van der Waals surface area contributed by atoms with Crippen LogP contribution in [0.5, 0.6) is 0 Å². The van der Waals surface area contributed by atoms with E-state index in [-0.39, 0.29) is 47.6 Å². The van der Waals surface area contributed by atoms with E-state index in [0.717, 1.165) is 6.26 Å². The van der Waals surface area contributed by atoms with Gasteiger partial charge >= 0.3 is 6.09 Å². The third-order valence-electron chi connectivity index (χ3n) is 3.44. The van der Waals surface area contributed by atoms with Gasteiger partial charge in [0.15, 0.2) is 9.84 Å². The molecule has 0 saturated carbocycles. The second-order valence-electron chi connectivity index (χ2n) is 4.98. The molecule has 0 aromatic heterocycles. The third-order valence-corrected chi connectivity index (χ3v) is 4.86. The molecule has 1 aromatic rings. The Morgan fingerprint density at radius 1 is 1.14 bits per heavy atom. The molecular weight excluding hydrogens is 332 g/mol. The van der Waals surface area contributed by atoms with Crippen molar-refractivity contribution in [2.45, 2.75) is 4.90 Å². The summed E-state index contributed by atoms with van der Waals surface area (Å²) in [7, 11) is -3.39. The highest BCUT2D eigenvalue weighted by Crippen LogP contribution is 2.22. The van der Waals surface area contributed by atoms with Gasteiger partial charge in [0.1, 0.15) is 0 Å². The first-order valence-corrected chi connectivity index (χ1v) is 8.74. The molecule has 9 heteroatoms. The molecule has 0 radical (unpaired) electrons.